The molecule has 3 amide bonds. The lowest BCUT2D eigenvalue weighted by molar-refractivity contribution is -0.125. The fourth-order valence-corrected chi connectivity index (χ4v) is 2.88. The van der Waals surface area contributed by atoms with E-state index in [9.17, 15) is 14.4 Å². The predicted molar refractivity (Wildman–Crippen MR) is 115 cm³/mol. The summed E-state index contributed by atoms with van der Waals surface area (Å²) < 4.78 is 6.30. The van der Waals surface area contributed by atoms with Gasteiger partial charge in [-0.2, -0.15) is 5.10 Å². The number of alkyl carbamates (subject to hydrolysis) is 1. The number of nitrogens with one attached hydrogen (secondary N) is 3. The molecule has 3 N–H and O–H groups in total. The van der Waals surface area contributed by atoms with E-state index in [0.717, 1.165) is 11.3 Å². The first-order valence-corrected chi connectivity index (χ1v) is 9.61. The van der Waals surface area contributed by atoms with Gasteiger partial charge in [0.15, 0.2) is 0 Å². The van der Waals surface area contributed by atoms with Crippen LogP contribution in [0.2, 0.25) is 0 Å². The van der Waals surface area contributed by atoms with Gasteiger partial charge in [-0.1, -0.05) is 30.3 Å². The van der Waals surface area contributed by atoms with Crippen LogP contribution in [0.3, 0.4) is 0 Å². The number of hydrogen-bond acceptors (Lipinski definition) is 5. The Morgan fingerprint density at radius 3 is 2.42 bits per heavy atom. The number of aromatic nitrogens is 2. The van der Waals surface area contributed by atoms with E-state index >= 15 is 0 Å². The fourth-order valence-electron chi connectivity index (χ4n) is 2.88. The van der Waals surface area contributed by atoms with Crippen LogP contribution >= 0.6 is 0 Å². The van der Waals surface area contributed by atoms with E-state index in [-0.39, 0.29) is 13.0 Å². The molecule has 0 bridgehead atoms. The first kappa shape index (κ1) is 21.6. The zero-order valence-corrected chi connectivity index (χ0v) is 16.9. The van der Waals surface area contributed by atoms with Gasteiger partial charge in [-0.15, -0.1) is 0 Å². The molecule has 0 radical (unpaired) electrons. The maximum Gasteiger partial charge on any atom is 0.407 e. The molecule has 3 aromatic rings. The van der Waals surface area contributed by atoms with Crippen LogP contribution < -0.4 is 16.0 Å². The molecule has 0 saturated heterocycles. The van der Waals surface area contributed by atoms with Crippen LogP contribution in [0.4, 0.5) is 10.5 Å². The number of amides is 3. The van der Waals surface area contributed by atoms with Crippen molar-refractivity contribution in [1.29, 1.82) is 0 Å². The third-order valence-corrected chi connectivity index (χ3v) is 4.42. The van der Waals surface area contributed by atoms with Crippen molar-refractivity contribution in [1.82, 2.24) is 20.4 Å². The second-order valence-corrected chi connectivity index (χ2v) is 6.64. The lowest BCUT2D eigenvalue weighted by Crippen LogP contribution is -2.49. The number of hydrogen-bond donors (Lipinski definition) is 3. The van der Waals surface area contributed by atoms with Gasteiger partial charge in [0, 0.05) is 24.5 Å². The number of carbonyl (C=O) groups is 3. The van der Waals surface area contributed by atoms with Crippen LogP contribution in [0.15, 0.2) is 73.1 Å². The van der Waals surface area contributed by atoms with Crippen LogP contribution in [0.5, 0.6) is 0 Å². The average Bonchev–Trinajstić information content (AvgIpc) is 3.33. The molecule has 3 rings (SSSR count). The summed E-state index contributed by atoms with van der Waals surface area (Å²) in [7, 11) is 1.22. The number of methoxy groups -OCH3 is 1. The first-order chi connectivity index (χ1) is 15.0. The second-order valence-electron chi connectivity index (χ2n) is 6.64. The van der Waals surface area contributed by atoms with Crippen molar-refractivity contribution in [2.24, 2.45) is 0 Å². The molecule has 9 nitrogen and oxygen atoms in total. The predicted octanol–water partition coefficient (Wildman–Crippen LogP) is 1.89. The molecule has 1 heterocycles. The number of nitrogens with zero attached hydrogens (tertiary/aromatic N) is 2. The van der Waals surface area contributed by atoms with E-state index in [2.05, 4.69) is 25.8 Å². The molecule has 9 heteroatoms. The first-order valence-electron chi connectivity index (χ1n) is 9.61. The zero-order valence-electron chi connectivity index (χ0n) is 16.9. The van der Waals surface area contributed by atoms with E-state index in [0.29, 0.717) is 5.69 Å². The minimum atomic E-state index is -0.879. The molecule has 0 aliphatic carbocycles. The van der Waals surface area contributed by atoms with Crippen molar-refractivity contribution < 1.29 is 19.1 Å². The third kappa shape index (κ3) is 6.43. The smallest absolute Gasteiger partial charge is 0.407 e. The average molecular weight is 421 g/mol. The summed E-state index contributed by atoms with van der Waals surface area (Å²) in [6.45, 7) is -0.242. The summed E-state index contributed by atoms with van der Waals surface area (Å²) in [6, 6.07) is 17.3. The number of benzene rings is 2. The topological polar surface area (TPSA) is 114 Å². The van der Waals surface area contributed by atoms with E-state index in [1.165, 1.54) is 7.11 Å². The number of rotatable bonds is 8. The van der Waals surface area contributed by atoms with Gasteiger partial charge in [0.1, 0.15) is 6.04 Å². The van der Waals surface area contributed by atoms with Gasteiger partial charge in [0.2, 0.25) is 11.8 Å². The van der Waals surface area contributed by atoms with Crippen molar-refractivity contribution >= 4 is 23.6 Å². The molecule has 2 aromatic carbocycles. The monoisotopic (exact) mass is 421 g/mol. The van der Waals surface area contributed by atoms with Crippen LogP contribution in [0.25, 0.3) is 5.69 Å². The van der Waals surface area contributed by atoms with Gasteiger partial charge in [-0.05, 0) is 35.9 Å². The van der Waals surface area contributed by atoms with Crippen LogP contribution in [-0.2, 0) is 20.7 Å². The Kier molecular flexibility index (Phi) is 7.36. The van der Waals surface area contributed by atoms with Crippen LogP contribution in [-0.4, -0.2) is 47.4 Å². The molecular formula is C22H23N5O4. The normalized spacial score (nSPS) is 11.3. The fraction of sp³-hybridized carbons (Fsp3) is 0.182. The Balaban J connectivity index is 1.54. The second kappa shape index (κ2) is 10.6. The standard InChI is InChI=1S/C22H23N5O4/c1-31-22(30)26-19(14-16-6-3-2-4-7-16)21(29)23-15-20(28)25-17-8-10-18(11-9-17)27-13-5-12-24-27/h2-13,19H,14-15H2,1H3,(H,23,29)(H,25,28)(H,26,30). The summed E-state index contributed by atoms with van der Waals surface area (Å²) in [5.74, 6) is -0.879. The van der Waals surface area contributed by atoms with Gasteiger partial charge in [-0.3, -0.25) is 9.59 Å². The van der Waals surface area contributed by atoms with Crippen molar-refractivity contribution in [3.8, 4) is 5.69 Å². The number of anilines is 1. The molecule has 0 saturated carbocycles. The van der Waals surface area contributed by atoms with Crippen LogP contribution in [0, 0.1) is 0 Å². The molecule has 0 spiro atoms. The molecule has 0 aliphatic rings. The highest BCUT2D eigenvalue weighted by atomic mass is 16.5. The minimum absolute atomic E-state index is 0.242. The Labute approximate surface area is 179 Å². The minimum Gasteiger partial charge on any atom is -0.453 e. The van der Waals surface area contributed by atoms with E-state index in [4.69, 9.17) is 0 Å². The summed E-state index contributed by atoms with van der Waals surface area (Å²) in [4.78, 5) is 36.4. The Morgan fingerprint density at radius 2 is 1.77 bits per heavy atom. The number of ether oxygens (including phenoxy) is 1. The molecule has 160 valence electrons. The lowest BCUT2D eigenvalue weighted by Gasteiger charge is -2.18. The highest BCUT2D eigenvalue weighted by Crippen LogP contribution is 2.12. The molecule has 1 atom stereocenters. The summed E-state index contributed by atoms with van der Waals surface area (Å²) in [5.41, 5.74) is 2.30. The van der Waals surface area contributed by atoms with Crippen LogP contribution in [0.1, 0.15) is 5.56 Å². The molecule has 1 aromatic heterocycles. The van der Waals surface area contributed by atoms with Crippen molar-refractivity contribution in [2.75, 3.05) is 19.0 Å². The van der Waals surface area contributed by atoms with E-state index < -0.39 is 23.9 Å². The van der Waals surface area contributed by atoms with Gasteiger partial charge >= 0.3 is 6.09 Å². The highest BCUT2D eigenvalue weighted by molar-refractivity contribution is 5.95. The Bertz CT molecular complexity index is 1000. The van der Waals surface area contributed by atoms with Crippen molar-refractivity contribution in [3.63, 3.8) is 0 Å². The lowest BCUT2D eigenvalue weighted by atomic mass is 10.1. The van der Waals surface area contributed by atoms with Crippen molar-refractivity contribution in [2.45, 2.75) is 12.5 Å². The molecule has 0 aliphatic heterocycles. The zero-order chi connectivity index (χ0) is 22.1. The van der Waals surface area contributed by atoms with Gasteiger partial charge in [0.25, 0.3) is 0 Å². The Morgan fingerprint density at radius 1 is 1.03 bits per heavy atom. The maximum atomic E-state index is 12.6. The summed E-state index contributed by atoms with van der Waals surface area (Å²) in [6.07, 6.45) is 3.03. The maximum absolute atomic E-state index is 12.6. The summed E-state index contributed by atoms with van der Waals surface area (Å²) >= 11 is 0. The quantitative estimate of drug-likeness (QED) is 0.514. The summed E-state index contributed by atoms with van der Waals surface area (Å²) in [5, 5.41) is 11.9. The molecule has 0 fully saturated rings. The molecule has 31 heavy (non-hydrogen) atoms. The van der Waals surface area contributed by atoms with Gasteiger partial charge in [-0.25, -0.2) is 9.48 Å². The SMILES string of the molecule is COC(=O)NC(Cc1ccccc1)C(=O)NCC(=O)Nc1ccc(-n2cccn2)cc1. The molecular weight excluding hydrogens is 398 g/mol. The van der Waals surface area contributed by atoms with Gasteiger partial charge in [0.05, 0.1) is 19.3 Å². The molecule has 1 unspecified atom stereocenters. The van der Waals surface area contributed by atoms with Gasteiger partial charge < -0.3 is 20.7 Å². The van der Waals surface area contributed by atoms with Crippen molar-refractivity contribution in [3.05, 3.63) is 78.6 Å². The Hall–Kier alpha value is -4.14. The third-order valence-electron chi connectivity index (χ3n) is 4.42. The largest absolute Gasteiger partial charge is 0.453 e. The van der Waals surface area contributed by atoms with E-state index in [1.807, 2.05) is 54.7 Å². The highest BCUT2D eigenvalue weighted by Gasteiger charge is 2.22. The van der Waals surface area contributed by atoms with E-state index in [1.54, 1.807) is 23.0 Å². The number of carbonyl (C=O) groups excluding carboxylic acids is 3.